The van der Waals surface area contributed by atoms with Gasteiger partial charge >= 0.3 is 0 Å². The largest absolute Gasteiger partial charge is 0.493 e. The first-order valence-corrected chi connectivity index (χ1v) is 11.0. The van der Waals surface area contributed by atoms with E-state index in [4.69, 9.17) is 21.6 Å². The second kappa shape index (κ2) is 9.67. The Morgan fingerprint density at radius 3 is 2.75 bits per heavy atom. The highest BCUT2D eigenvalue weighted by molar-refractivity contribution is 7.98. The molecule has 4 nitrogen and oxygen atoms in total. The van der Waals surface area contributed by atoms with E-state index >= 15 is 0 Å². The number of nitriles is 1. The molecule has 3 rings (SSSR count). The van der Waals surface area contributed by atoms with Crippen LogP contribution in [0, 0.1) is 17.2 Å². The summed E-state index contributed by atoms with van der Waals surface area (Å²) in [6.45, 7) is 4.25. The third-order valence-corrected chi connectivity index (χ3v) is 6.14. The monoisotopic (exact) mass is 416 g/mol. The second-order valence-corrected chi connectivity index (χ2v) is 8.61. The van der Waals surface area contributed by atoms with Gasteiger partial charge < -0.3 is 9.84 Å². The minimum absolute atomic E-state index is 0.372. The number of likely N-dealkylation sites (tertiary alicyclic amines) is 1. The average molecular weight is 417 g/mol. The standard InChI is InChI=1S/C22H25ClN2O2S/c1-15-7-17(14-27-20-3-5-21(28-2)6-4-20)12-25(15)13-22(26)18-8-16(11-24)9-19(23)10-18/h3-6,8-10,15,17,22,26H,7,12-14H2,1-2H3. The molecule has 2 aromatic carbocycles. The number of aliphatic hydroxyl groups is 1. The fourth-order valence-electron chi connectivity index (χ4n) is 3.68. The van der Waals surface area contributed by atoms with Crippen LogP contribution < -0.4 is 4.74 Å². The smallest absolute Gasteiger partial charge is 0.119 e. The summed E-state index contributed by atoms with van der Waals surface area (Å²) in [5, 5.41) is 20.2. The van der Waals surface area contributed by atoms with E-state index in [-0.39, 0.29) is 0 Å². The lowest BCUT2D eigenvalue weighted by Crippen LogP contribution is -2.32. The number of halogens is 1. The van der Waals surface area contributed by atoms with Gasteiger partial charge in [-0.15, -0.1) is 11.8 Å². The molecule has 3 atom stereocenters. The van der Waals surface area contributed by atoms with Crippen molar-refractivity contribution in [2.75, 3.05) is 26.0 Å². The fraction of sp³-hybridized carbons (Fsp3) is 0.409. The number of hydrogen-bond acceptors (Lipinski definition) is 5. The Balaban J connectivity index is 1.54. The molecule has 6 heteroatoms. The Labute approximate surface area is 176 Å². The maximum absolute atomic E-state index is 10.6. The van der Waals surface area contributed by atoms with Crippen LogP contribution in [0.4, 0.5) is 0 Å². The van der Waals surface area contributed by atoms with Gasteiger partial charge in [-0.1, -0.05) is 11.6 Å². The van der Waals surface area contributed by atoms with Crippen molar-refractivity contribution in [3.05, 3.63) is 58.6 Å². The Bertz CT molecular complexity index is 837. The molecule has 1 N–H and O–H groups in total. The van der Waals surface area contributed by atoms with Crippen molar-refractivity contribution in [3.63, 3.8) is 0 Å². The van der Waals surface area contributed by atoms with Crippen molar-refractivity contribution in [3.8, 4) is 11.8 Å². The third kappa shape index (κ3) is 5.42. The summed E-state index contributed by atoms with van der Waals surface area (Å²) in [5.41, 5.74) is 1.15. The molecular weight excluding hydrogens is 392 g/mol. The molecule has 0 spiro atoms. The molecule has 28 heavy (non-hydrogen) atoms. The van der Waals surface area contributed by atoms with Crippen LogP contribution in [0.5, 0.6) is 5.75 Å². The van der Waals surface area contributed by atoms with Crippen molar-refractivity contribution in [1.29, 1.82) is 5.26 Å². The van der Waals surface area contributed by atoms with E-state index in [1.807, 2.05) is 12.1 Å². The van der Waals surface area contributed by atoms with E-state index in [0.717, 1.165) is 18.7 Å². The van der Waals surface area contributed by atoms with Crippen LogP contribution in [-0.2, 0) is 0 Å². The summed E-state index contributed by atoms with van der Waals surface area (Å²) in [5.74, 6) is 1.32. The molecule has 148 valence electrons. The number of β-amino-alcohol motifs (C(OH)–C–C–N with tert-alkyl or cyclic N) is 1. The van der Waals surface area contributed by atoms with Crippen molar-refractivity contribution >= 4 is 23.4 Å². The summed E-state index contributed by atoms with van der Waals surface area (Å²) in [7, 11) is 0. The highest BCUT2D eigenvalue weighted by atomic mass is 35.5. The lowest BCUT2D eigenvalue weighted by atomic mass is 10.1. The highest BCUT2D eigenvalue weighted by Crippen LogP contribution is 2.28. The van der Waals surface area contributed by atoms with Gasteiger partial charge in [-0.3, -0.25) is 4.90 Å². The lowest BCUT2D eigenvalue weighted by Gasteiger charge is -2.24. The van der Waals surface area contributed by atoms with Gasteiger partial charge in [0.2, 0.25) is 0 Å². The zero-order valence-electron chi connectivity index (χ0n) is 16.1. The average Bonchev–Trinajstić information content (AvgIpc) is 3.05. The zero-order valence-corrected chi connectivity index (χ0v) is 17.7. The number of hydrogen-bond donors (Lipinski definition) is 1. The van der Waals surface area contributed by atoms with Crippen LogP contribution in [-0.4, -0.2) is 42.0 Å². The van der Waals surface area contributed by atoms with Gasteiger partial charge in [0.05, 0.1) is 24.3 Å². The van der Waals surface area contributed by atoms with Crippen molar-refractivity contribution in [2.45, 2.75) is 30.4 Å². The van der Waals surface area contributed by atoms with Crippen molar-refractivity contribution in [2.24, 2.45) is 5.92 Å². The minimum atomic E-state index is -0.674. The van der Waals surface area contributed by atoms with Crippen molar-refractivity contribution in [1.82, 2.24) is 4.90 Å². The number of thioether (sulfide) groups is 1. The van der Waals surface area contributed by atoms with Crippen molar-refractivity contribution < 1.29 is 9.84 Å². The molecule has 0 saturated carbocycles. The SMILES string of the molecule is CSc1ccc(OCC2CC(C)N(CC(O)c3cc(Cl)cc(C#N)c3)C2)cc1. The number of nitrogens with zero attached hydrogens (tertiary/aromatic N) is 2. The molecule has 0 radical (unpaired) electrons. The second-order valence-electron chi connectivity index (χ2n) is 7.29. The molecule has 1 fully saturated rings. The van der Waals surface area contributed by atoms with Crippen LogP contribution in [0.3, 0.4) is 0 Å². The van der Waals surface area contributed by atoms with E-state index in [1.54, 1.807) is 30.0 Å². The first-order valence-electron chi connectivity index (χ1n) is 9.38. The summed E-state index contributed by atoms with van der Waals surface area (Å²) in [6.07, 6.45) is 2.42. The Kier molecular flexibility index (Phi) is 7.25. The molecule has 1 saturated heterocycles. The van der Waals surface area contributed by atoms with Crippen LogP contribution in [0.15, 0.2) is 47.4 Å². The van der Waals surface area contributed by atoms with E-state index in [2.05, 4.69) is 36.3 Å². The van der Waals surface area contributed by atoms with Gasteiger partial charge in [0.25, 0.3) is 0 Å². The molecule has 2 aromatic rings. The number of rotatable bonds is 7. The quantitative estimate of drug-likeness (QED) is 0.659. The summed E-state index contributed by atoms with van der Waals surface area (Å²) in [6, 6.07) is 15.7. The molecule has 1 aliphatic heterocycles. The van der Waals surface area contributed by atoms with Gasteiger partial charge in [0.15, 0.2) is 0 Å². The van der Waals surface area contributed by atoms with Gasteiger partial charge in [0, 0.05) is 35.0 Å². The van der Waals surface area contributed by atoms with Gasteiger partial charge in [-0.05, 0) is 67.6 Å². The van der Waals surface area contributed by atoms with Crippen LogP contribution in [0.2, 0.25) is 5.02 Å². The Hall–Kier alpha value is -1.71. The summed E-state index contributed by atoms with van der Waals surface area (Å²) < 4.78 is 5.97. The van der Waals surface area contributed by atoms with Gasteiger partial charge in [-0.25, -0.2) is 0 Å². The van der Waals surface area contributed by atoms with Crippen LogP contribution >= 0.6 is 23.4 Å². The van der Waals surface area contributed by atoms with Gasteiger partial charge in [-0.2, -0.15) is 5.26 Å². The zero-order chi connectivity index (χ0) is 20.1. The first kappa shape index (κ1) is 21.0. The molecule has 0 aliphatic carbocycles. The molecule has 0 aromatic heterocycles. The van der Waals surface area contributed by atoms with E-state index in [9.17, 15) is 5.11 Å². The fourth-order valence-corrected chi connectivity index (χ4v) is 4.33. The maximum atomic E-state index is 10.6. The molecule has 1 heterocycles. The molecular formula is C22H25ClN2O2S. The number of ether oxygens (including phenoxy) is 1. The molecule has 3 unspecified atom stereocenters. The number of aliphatic hydroxyl groups excluding tert-OH is 1. The van der Waals surface area contributed by atoms with E-state index in [0.29, 0.717) is 41.3 Å². The third-order valence-electron chi connectivity index (χ3n) is 5.18. The maximum Gasteiger partial charge on any atom is 0.119 e. The minimum Gasteiger partial charge on any atom is -0.493 e. The predicted molar refractivity (Wildman–Crippen MR) is 114 cm³/mol. The van der Waals surface area contributed by atoms with Gasteiger partial charge in [0.1, 0.15) is 5.75 Å². The first-order chi connectivity index (χ1) is 13.5. The summed E-state index contributed by atoms with van der Waals surface area (Å²) in [4.78, 5) is 3.50. The van der Waals surface area contributed by atoms with Crippen LogP contribution in [0.1, 0.15) is 30.6 Å². The predicted octanol–water partition coefficient (Wildman–Crippen LogP) is 4.76. The highest BCUT2D eigenvalue weighted by Gasteiger charge is 2.31. The van der Waals surface area contributed by atoms with E-state index in [1.165, 1.54) is 4.90 Å². The summed E-state index contributed by atoms with van der Waals surface area (Å²) >= 11 is 7.78. The lowest BCUT2D eigenvalue weighted by molar-refractivity contribution is 0.107. The molecule has 1 aliphatic rings. The topological polar surface area (TPSA) is 56.5 Å². The Morgan fingerprint density at radius 2 is 2.07 bits per heavy atom. The van der Waals surface area contributed by atoms with E-state index < -0.39 is 6.10 Å². The number of benzene rings is 2. The van der Waals surface area contributed by atoms with Crippen LogP contribution in [0.25, 0.3) is 0 Å². The molecule has 0 bridgehead atoms. The molecule has 0 amide bonds. The Morgan fingerprint density at radius 1 is 1.32 bits per heavy atom. The normalized spacial score (nSPS) is 20.7.